The quantitative estimate of drug-likeness (QED) is 0.627. The number of nitrogens with zero attached hydrogens (tertiary/aromatic N) is 3. The maximum absolute atomic E-state index is 12.9. The third-order valence-electron chi connectivity index (χ3n) is 5.33. The van der Waals surface area contributed by atoms with Gasteiger partial charge in [-0.2, -0.15) is 4.98 Å². The van der Waals surface area contributed by atoms with Crippen molar-refractivity contribution in [1.29, 1.82) is 0 Å². The summed E-state index contributed by atoms with van der Waals surface area (Å²) in [6.45, 7) is 4.76. The van der Waals surface area contributed by atoms with Gasteiger partial charge in [-0.05, 0) is 54.8 Å². The van der Waals surface area contributed by atoms with Crippen LogP contribution in [0.5, 0.6) is 5.75 Å². The minimum absolute atomic E-state index is 0.0484. The molecule has 1 aliphatic heterocycles. The second-order valence-electron chi connectivity index (χ2n) is 7.75. The smallest absolute Gasteiger partial charge is 0.322 e. The van der Waals surface area contributed by atoms with E-state index in [4.69, 9.17) is 9.26 Å². The van der Waals surface area contributed by atoms with Gasteiger partial charge < -0.3 is 19.5 Å². The Labute approximate surface area is 176 Å². The molecule has 7 heteroatoms. The normalized spacial score (nSPS) is 16.1. The summed E-state index contributed by atoms with van der Waals surface area (Å²) in [7, 11) is 1.65. The number of carbonyl (C=O) groups excluding carboxylic acids is 1. The first-order valence-corrected chi connectivity index (χ1v) is 10.2. The average molecular weight is 406 g/mol. The molecule has 1 fully saturated rings. The number of methoxy groups -OCH3 is 1. The zero-order valence-corrected chi connectivity index (χ0v) is 17.5. The number of rotatable bonds is 5. The first-order valence-electron chi connectivity index (χ1n) is 10.2. The van der Waals surface area contributed by atoms with Gasteiger partial charge in [0.05, 0.1) is 13.2 Å². The van der Waals surface area contributed by atoms with Crippen LogP contribution >= 0.6 is 0 Å². The summed E-state index contributed by atoms with van der Waals surface area (Å²) >= 11 is 0. The fourth-order valence-corrected chi connectivity index (χ4v) is 3.68. The number of benzene rings is 2. The second kappa shape index (κ2) is 8.57. The highest BCUT2D eigenvalue weighted by atomic mass is 16.5. The summed E-state index contributed by atoms with van der Waals surface area (Å²) in [5.74, 6) is 2.17. The molecule has 156 valence electrons. The lowest BCUT2D eigenvalue weighted by atomic mass is 10.0. The van der Waals surface area contributed by atoms with Crippen molar-refractivity contribution in [3.8, 4) is 17.2 Å². The molecule has 2 aromatic carbocycles. The molecule has 1 atom stereocenters. The van der Waals surface area contributed by atoms with E-state index in [0.29, 0.717) is 11.7 Å². The number of ether oxygens (including phenoxy) is 1. The first-order chi connectivity index (χ1) is 14.5. The van der Waals surface area contributed by atoms with Gasteiger partial charge in [-0.15, -0.1) is 0 Å². The van der Waals surface area contributed by atoms with Crippen molar-refractivity contribution in [3.05, 3.63) is 59.9 Å². The minimum Gasteiger partial charge on any atom is -0.497 e. The molecule has 1 saturated heterocycles. The van der Waals surface area contributed by atoms with Crippen molar-refractivity contribution >= 4 is 11.7 Å². The molecule has 7 nitrogen and oxygen atoms in total. The molecule has 30 heavy (non-hydrogen) atoms. The fraction of sp³-hybridized carbons (Fsp3) is 0.348. The molecule has 1 unspecified atom stereocenters. The van der Waals surface area contributed by atoms with E-state index in [0.717, 1.165) is 42.0 Å². The van der Waals surface area contributed by atoms with Crippen LogP contribution in [0.1, 0.15) is 50.0 Å². The lowest BCUT2D eigenvalue weighted by Crippen LogP contribution is -2.34. The lowest BCUT2D eigenvalue weighted by Gasteiger charge is -2.25. The van der Waals surface area contributed by atoms with Gasteiger partial charge in [0.25, 0.3) is 5.89 Å². The van der Waals surface area contributed by atoms with Crippen molar-refractivity contribution in [2.45, 2.75) is 38.6 Å². The topological polar surface area (TPSA) is 80.5 Å². The number of carbonyl (C=O) groups is 1. The second-order valence-corrected chi connectivity index (χ2v) is 7.75. The van der Waals surface area contributed by atoms with Gasteiger partial charge in [0.15, 0.2) is 5.82 Å². The number of aromatic nitrogens is 2. The summed E-state index contributed by atoms with van der Waals surface area (Å²) in [6.07, 6.45) is 1.92. The molecule has 0 spiro atoms. The zero-order valence-electron chi connectivity index (χ0n) is 17.5. The van der Waals surface area contributed by atoms with Gasteiger partial charge in [-0.1, -0.05) is 31.1 Å². The predicted octanol–water partition coefficient (Wildman–Crippen LogP) is 5.24. The van der Waals surface area contributed by atoms with E-state index in [1.165, 1.54) is 0 Å². The third kappa shape index (κ3) is 4.15. The van der Waals surface area contributed by atoms with Gasteiger partial charge in [0.1, 0.15) is 5.75 Å². The van der Waals surface area contributed by atoms with Crippen molar-refractivity contribution in [2.24, 2.45) is 0 Å². The molecule has 1 N–H and O–H groups in total. The molecule has 0 radical (unpaired) electrons. The van der Waals surface area contributed by atoms with Crippen molar-refractivity contribution in [2.75, 3.05) is 19.0 Å². The molecule has 1 aromatic heterocycles. The van der Waals surface area contributed by atoms with Gasteiger partial charge in [0, 0.05) is 23.7 Å². The molecule has 2 heterocycles. The van der Waals surface area contributed by atoms with E-state index in [2.05, 4.69) is 15.5 Å². The molecular formula is C23H26N4O3. The van der Waals surface area contributed by atoms with E-state index in [1.807, 2.05) is 67.3 Å². The maximum atomic E-state index is 12.9. The number of urea groups is 1. The summed E-state index contributed by atoms with van der Waals surface area (Å²) in [5, 5.41) is 7.00. The van der Waals surface area contributed by atoms with Crippen LogP contribution in [0.4, 0.5) is 10.5 Å². The number of hydrogen-bond donors (Lipinski definition) is 1. The summed E-state index contributed by atoms with van der Waals surface area (Å²) in [6, 6.07) is 15.3. The molecule has 0 aliphatic carbocycles. The van der Waals surface area contributed by atoms with Crippen LogP contribution in [-0.4, -0.2) is 34.7 Å². The minimum atomic E-state index is -0.104. The van der Waals surface area contributed by atoms with Gasteiger partial charge in [0.2, 0.25) is 0 Å². The largest absolute Gasteiger partial charge is 0.497 e. The summed E-state index contributed by atoms with van der Waals surface area (Å²) in [4.78, 5) is 19.2. The van der Waals surface area contributed by atoms with Crippen LogP contribution in [0, 0.1) is 0 Å². The van der Waals surface area contributed by atoms with Gasteiger partial charge >= 0.3 is 6.03 Å². The van der Waals surface area contributed by atoms with E-state index < -0.39 is 0 Å². The molecule has 1 aliphatic rings. The van der Waals surface area contributed by atoms with E-state index in [9.17, 15) is 4.79 Å². The van der Waals surface area contributed by atoms with Crippen LogP contribution < -0.4 is 10.1 Å². The van der Waals surface area contributed by atoms with Crippen molar-refractivity contribution in [1.82, 2.24) is 15.0 Å². The summed E-state index contributed by atoms with van der Waals surface area (Å²) in [5.41, 5.74) is 2.64. The van der Waals surface area contributed by atoms with E-state index in [-0.39, 0.29) is 18.0 Å². The number of anilines is 1. The Morgan fingerprint density at radius 1 is 1.23 bits per heavy atom. The Hall–Kier alpha value is -3.35. The predicted molar refractivity (Wildman–Crippen MR) is 115 cm³/mol. The SMILES string of the molecule is COc1cccc(C2CCCN2C(=O)Nc2ccc(-c3nc(C(C)C)no3)cc2)c1. The van der Waals surface area contributed by atoms with Crippen LogP contribution in [0.2, 0.25) is 0 Å². The molecule has 3 aromatic rings. The van der Waals surface area contributed by atoms with Crippen LogP contribution in [0.15, 0.2) is 53.1 Å². The third-order valence-corrected chi connectivity index (χ3v) is 5.33. The maximum Gasteiger partial charge on any atom is 0.322 e. The monoisotopic (exact) mass is 406 g/mol. The Bertz CT molecular complexity index is 1010. The highest BCUT2D eigenvalue weighted by Gasteiger charge is 2.30. The fourth-order valence-electron chi connectivity index (χ4n) is 3.68. The molecule has 0 bridgehead atoms. The van der Waals surface area contributed by atoms with Crippen LogP contribution in [-0.2, 0) is 0 Å². The van der Waals surface area contributed by atoms with Crippen molar-refractivity contribution < 1.29 is 14.1 Å². The molecule has 4 rings (SSSR count). The Morgan fingerprint density at radius 2 is 2.03 bits per heavy atom. The van der Waals surface area contributed by atoms with E-state index in [1.54, 1.807) is 7.11 Å². The average Bonchev–Trinajstić information content (AvgIpc) is 3.44. The van der Waals surface area contributed by atoms with Gasteiger partial charge in [-0.3, -0.25) is 0 Å². The molecular weight excluding hydrogens is 380 g/mol. The Kier molecular flexibility index (Phi) is 5.70. The standard InChI is InChI=1S/C23H26N4O3/c1-15(2)21-25-22(30-26-21)16-9-11-18(12-10-16)24-23(28)27-13-5-8-20(27)17-6-4-7-19(14-17)29-3/h4,6-7,9-12,14-15,20H,5,8,13H2,1-3H3,(H,24,28). The number of amides is 2. The number of likely N-dealkylation sites (tertiary alicyclic amines) is 1. The number of hydrogen-bond acceptors (Lipinski definition) is 5. The van der Waals surface area contributed by atoms with E-state index >= 15 is 0 Å². The van der Waals surface area contributed by atoms with Crippen molar-refractivity contribution in [3.63, 3.8) is 0 Å². The highest BCUT2D eigenvalue weighted by molar-refractivity contribution is 5.90. The highest BCUT2D eigenvalue weighted by Crippen LogP contribution is 2.34. The summed E-state index contributed by atoms with van der Waals surface area (Å²) < 4.78 is 10.7. The van der Waals surface area contributed by atoms with Crippen LogP contribution in [0.25, 0.3) is 11.5 Å². The number of nitrogens with one attached hydrogen (secondary N) is 1. The molecule has 0 saturated carbocycles. The Balaban J connectivity index is 1.45. The molecule has 2 amide bonds. The Morgan fingerprint density at radius 3 is 2.73 bits per heavy atom. The first kappa shape index (κ1) is 19.9. The zero-order chi connectivity index (χ0) is 21.1. The van der Waals surface area contributed by atoms with Crippen LogP contribution in [0.3, 0.4) is 0 Å². The lowest BCUT2D eigenvalue weighted by molar-refractivity contribution is 0.207. The van der Waals surface area contributed by atoms with Gasteiger partial charge in [-0.25, -0.2) is 4.79 Å².